The molecule has 5 heteroatoms. The molecule has 0 N–H and O–H groups in total. The molecule has 0 aliphatic rings. The Bertz CT molecular complexity index is 663. The van der Waals surface area contributed by atoms with Crippen LogP contribution in [-0.4, -0.2) is 26.5 Å². The second-order valence-electron chi connectivity index (χ2n) is 4.11. The van der Waals surface area contributed by atoms with Gasteiger partial charge in [0.15, 0.2) is 17.8 Å². The normalized spacial score (nSPS) is 9.81. The van der Waals surface area contributed by atoms with Gasteiger partial charge in [-0.2, -0.15) is 0 Å². The molecule has 2 rings (SSSR count). The number of methoxy groups -OCH3 is 2. The molecule has 0 radical (unpaired) electrons. The molecule has 0 aliphatic heterocycles. The molecule has 108 valence electrons. The number of hydrogen-bond donors (Lipinski definition) is 0. The van der Waals surface area contributed by atoms with Gasteiger partial charge in [-0.1, -0.05) is 12.1 Å². The lowest BCUT2D eigenvalue weighted by Gasteiger charge is -2.10. The predicted molar refractivity (Wildman–Crippen MR) is 76.3 cm³/mol. The molecule has 21 heavy (non-hydrogen) atoms. The standard InChI is InChI=1S/C16H14O5/c1-19-14-8-7-11(9-15(14)20-2)16(18)21-13-6-4-3-5-12(13)10-17/h3-10H,1-2H3. The maximum Gasteiger partial charge on any atom is 0.343 e. The molecule has 0 spiro atoms. The molecule has 2 aromatic carbocycles. The van der Waals surface area contributed by atoms with Crippen molar-refractivity contribution in [3.8, 4) is 17.2 Å². The van der Waals surface area contributed by atoms with Crippen molar-refractivity contribution in [2.45, 2.75) is 0 Å². The Hall–Kier alpha value is -2.82. The lowest BCUT2D eigenvalue weighted by atomic mass is 10.2. The van der Waals surface area contributed by atoms with Crippen LogP contribution in [0, 0.1) is 0 Å². The minimum Gasteiger partial charge on any atom is -0.493 e. The fraction of sp³-hybridized carbons (Fsp3) is 0.125. The first-order valence-electron chi connectivity index (χ1n) is 6.18. The Morgan fingerprint density at radius 3 is 2.33 bits per heavy atom. The molecule has 0 aliphatic carbocycles. The van der Waals surface area contributed by atoms with E-state index in [4.69, 9.17) is 14.2 Å². The Morgan fingerprint density at radius 2 is 1.67 bits per heavy atom. The molecule has 0 saturated heterocycles. The Kier molecular flexibility index (Phi) is 4.56. The van der Waals surface area contributed by atoms with Crippen molar-refractivity contribution in [3.63, 3.8) is 0 Å². The molecule has 0 heterocycles. The largest absolute Gasteiger partial charge is 0.493 e. The van der Waals surface area contributed by atoms with Gasteiger partial charge >= 0.3 is 5.97 Å². The quantitative estimate of drug-likeness (QED) is 0.480. The monoisotopic (exact) mass is 286 g/mol. The van der Waals surface area contributed by atoms with Crippen LogP contribution in [0.25, 0.3) is 0 Å². The molecule has 0 bridgehead atoms. The van der Waals surface area contributed by atoms with Gasteiger partial charge in [0.1, 0.15) is 5.75 Å². The summed E-state index contributed by atoms with van der Waals surface area (Å²) in [4.78, 5) is 23.0. The zero-order valence-corrected chi connectivity index (χ0v) is 11.7. The molecule has 2 aromatic rings. The predicted octanol–water partition coefficient (Wildman–Crippen LogP) is 2.74. The van der Waals surface area contributed by atoms with Gasteiger partial charge in [0, 0.05) is 0 Å². The first-order chi connectivity index (χ1) is 10.2. The highest BCUT2D eigenvalue weighted by Crippen LogP contribution is 2.28. The number of hydrogen-bond acceptors (Lipinski definition) is 5. The van der Waals surface area contributed by atoms with E-state index in [-0.39, 0.29) is 5.75 Å². The van der Waals surface area contributed by atoms with Crippen LogP contribution in [0.1, 0.15) is 20.7 Å². The van der Waals surface area contributed by atoms with Gasteiger partial charge in [-0.05, 0) is 30.3 Å². The zero-order chi connectivity index (χ0) is 15.2. The van der Waals surface area contributed by atoms with Gasteiger partial charge in [0.2, 0.25) is 0 Å². The molecular weight excluding hydrogens is 272 g/mol. The van der Waals surface area contributed by atoms with Crippen molar-refractivity contribution in [3.05, 3.63) is 53.6 Å². The minimum atomic E-state index is -0.578. The number of esters is 1. The smallest absolute Gasteiger partial charge is 0.343 e. The summed E-state index contributed by atoms with van der Waals surface area (Å²) in [6.07, 6.45) is 0.636. The fourth-order valence-electron chi connectivity index (χ4n) is 1.79. The fourth-order valence-corrected chi connectivity index (χ4v) is 1.79. The summed E-state index contributed by atoms with van der Waals surface area (Å²) in [5, 5.41) is 0. The third kappa shape index (κ3) is 3.20. The number of ether oxygens (including phenoxy) is 3. The van der Waals surface area contributed by atoms with Gasteiger partial charge in [-0.3, -0.25) is 4.79 Å². The van der Waals surface area contributed by atoms with Crippen LogP contribution in [0.4, 0.5) is 0 Å². The first kappa shape index (κ1) is 14.6. The van der Waals surface area contributed by atoms with E-state index in [0.29, 0.717) is 28.9 Å². The average Bonchev–Trinajstić information content (AvgIpc) is 2.54. The molecule has 0 amide bonds. The first-order valence-corrected chi connectivity index (χ1v) is 6.18. The minimum absolute atomic E-state index is 0.215. The second kappa shape index (κ2) is 6.56. The van der Waals surface area contributed by atoms with Gasteiger partial charge in [-0.15, -0.1) is 0 Å². The summed E-state index contributed by atoms with van der Waals surface area (Å²) in [5.41, 5.74) is 0.611. The summed E-state index contributed by atoms with van der Waals surface area (Å²) < 4.78 is 15.5. The Balaban J connectivity index is 2.26. The maximum absolute atomic E-state index is 12.1. The number of aldehydes is 1. The van der Waals surface area contributed by atoms with Crippen molar-refractivity contribution in [1.29, 1.82) is 0 Å². The highest BCUT2D eigenvalue weighted by Gasteiger charge is 2.14. The van der Waals surface area contributed by atoms with Crippen molar-refractivity contribution < 1.29 is 23.8 Å². The lowest BCUT2D eigenvalue weighted by Crippen LogP contribution is -2.10. The van der Waals surface area contributed by atoms with Crippen LogP contribution in [0.3, 0.4) is 0 Å². The van der Waals surface area contributed by atoms with E-state index < -0.39 is 5.97 Å². The zero-order valence-electron chi connectivity index (χ0n) is 11.7. The number of carbonyl (C=O) groups is 2. The van der Waals surface area contributed by atoms with Crippen LogP contribution in [0.2, 0.25) is 0 Å². The maximum atomic E-state index is 12.1. The topological polar surface area (TPSA) is 61.8 Å². The highest BCUT2D eigenvalue weighted by molar-refractivity contribution is 5.93. The summed E-state index contributed by atoms with van der Waals surface area (Å²) in [7, 11) is 2.99. The van der Waals surface area contributed by atoms with Crippen LogP contribution < -0.4 is 14.2 Å². The van der Waals surface area contributed by atoms with Crippen molar-refractivity contribution in [2.24, 2.45) is 0 Å². The van der Waals surface area contributed by atoms with E-state index in [0.717, 1.165) is 0 Å². The molecule has 0 aromatic heterocycles. The highest BCUT2D eigenvalue weighted by atomic mass is 16.5. The number of carbonyl (C=O) groups excluding carboxylic acids is 2. The van der Waals surface area contributed by atoms with Crippen LogP contribution in [-0.2, 0) is 0 Å². The van der Waals surface area contributed by atoms with Gasteiger partial charge in [0.05, 0.1) is 25.3 Å². The SMILES string of the molecule is COc1ccc(C(=O)Oc2ccccc2C=O)cc1OC. The van der Waals surface area contributed by atoms with Gasteiger partial charge < -0.3 is 14.2 Å². The van der Waals surface area contributed by atoms with E-state index in [2.05, 4.69) is 0 Å². The molecule has 0 unspecified atom stereocenters. The van der Waals surface area contributed by atoms with Crippen molar-refractivity contribution in [1.82, 2.24) is 0 Å². The lowest BCUT2D eigenvalue weighted by molar-refractivity contribution is 0.0733. The summed E-state index contributed by atoms with van der Waals surface area (Å²) in [5.74, 6) is 0.579. The van der Waals surface area contributed by atoms with E-state index >= 15 is 0 Å². The second-order valence-corrected chi connectivity index (χ2v) is 4.11. The van der Waals surface area contributed by atoms with E-state index in [1.807, 2.05) is 0 Å². The summed E-state index contributed by atoms with van der Waals surface area (Å²) >= 11 is 0. The molecule has 0 fully saturated rings. The number of rotatable bonds is 5. The van der Waals surface area contributed by atoms with E-state index in [1.54, 1.807) is 36.4 Å². The third-order valence-electron chi connectivity index (χ3n) is 2.87. The number of para-hydroxylation sites is 1. The van der Waals surface area contributed by atoms with E-state index in [9.17, 15) is 9.59 Å². The van der Waals surface area contributed by atoms with Crippen molar-refractivity contribution >= 4 is 12.3 Å². The molecule has 0 saturated carbocycles. The van der Waals surface area contributed by atoms with Crippen LogP contribution in [0.5, 0.6) is 17.2 Å². The Labute approximate surface area is 122 Å². The number of benzene rings is 2. The van der Waals surface area contributed by atoms with Crippen LogP contribution >= 0.6 is 0 Å². The third-order valence-corrected chi connectivity index (χ3v) is 2.87. The average molecular weight is 286 g/mol. The van der Waals surface area contributed by atoms with E-state index in [1.165, 1.54) is 20.3 Å². The van der Waals surface area contributed by atoms with Crippen LogP contribution in [0.15, 0.2) is 42.5 Å². The Morgan fingerprint density at radius 1 is 0.952 bits per heavy atom. The van der Waals surface area contributed by atoms with Gasteiger partial charge in [0.25, 0.3) is 0 Å². The molecule has 0 atom stereocenters. The van der Waals surface area contributed by atoms with Crippen molar-refractivity contribution in [2.75, 3.05) is 14.2 Å². The summed E-state index contributed by atoms with van der Waals surface area (Å²) in [6, 6.07) is 11.2. The summed E-state index contributed by atoms with van der Waals surface area (Å²) in [6.45, 7) is 0. The molecule has 5 nitrogen and oxygen atoms in total. The molecular formula is C16H14O5. The van der Waals surface area contributed by atoms with Gasteiger partial charge in [-0.25, -0.2) is 4.79 Å².